The van der Waals surface area contributed by atoms with Crippen molar-refractivity contribution in [3.05, 3.63) is 69.9 Å². The first-order valence-corrected chi connectivity index (χ1v) is 6.32. The van der Waals surface area contributed by atoms with Crippen molar-refractivity contribution in [3.8, 4) is 0 Å². The molecule has 0 radical (unpaired) electrons. The first kappa shape index (κ1) is 13.5. The molecule has 2 rings (SSSR count). The summed E-state index contributed by atoms with van der Waals surface area (Å²) in [4.78, 5) is 11.3. The van der Waals surface area contributed by atoms with Crippen LogP contribution in [0.3, 0.4) is 0 Å². The van der Waals surface area contributed by atoms with Gasteiger partial charge in [0.25, 0.3) is 0 Å². The lowest BCUT2D eigenvalue weighted by Crippen LogP contribution is -1.99. The van der Waals surface area contributed by atoms with Crippen LogP contribution >= 0.6 is 15.9 Å². The van der Waals surface area contributed by atoms with E-state index in [0.29, 0.717) is 5.56 Å². The lowest BCUT2D eigenvalue weighted by molar-refractivity contribution is -0.130. The first-order valence-electron chi connectivity index (χ1n) is 5.53. The Morgan fingerprint density at radius 3 is 2.32 bits per heavy atom. The molecule has 2 nitrogen and oxygen atoms in total. The van der Waals surface area contributed by atoms with Crippen molar-refractivity contribution in [2.75, 3.05) is 0 Å². The third-order valence-electron chi connectivity index (χ3n) is 2.59. The van der Waals surface area contributed by atoms with Gasteiger partial charge in [-0.25, -0.2) is 9.18 Å². The number of hydrogen-bond acceptors (Lipinski definition) is 1. The summed E-state index contributed by atoms with van der Waals surface area (Å²) in [6.07, 6.45) is 1.56. The maximum absolute atomic E-state index is 12.9. The highest BCUT2D eigenvalue weighted by atomic mass is 79.9. The largest absolute Gasteiger partial charge is 0.478 e. The standard InChI is InChI=1S/C15H10BrFO2/c16-14-4-2-1-3-11(14)9-13(15(18)19)10-5-7-12(17)8-6-10/h1-9H,(H,18,19)/b13-9-. The molecule has 0 saturated carbocycles. The summed E-state index contributed by atoms with van der Waals surface area (Å²) in [6, 6.07) is 12.7. The zero-order chi connectivity index (χ0) is 13.8. The molecule has 0 heterocycles. The molecule has 0 amide bonds. The lowest BCUT2D eigenvalue weighted by Gasteiger charge is -2.04. The maximum atomic E-state index is 12.9. The first-order chi connectivity index (χ1) is 9.08. The Hall–Kier alpha value is -1.94. The van der Waals surface area contributed by atoms with Crippen LogP contribution in [0, 0.1) is 5.82 Å². The van der Waals surface area contributed by atoms with Crippen molar-refractivity contribution in [2.24, 2.45) is 0 Å². The summed E-state index contributed by atoms with van der Waals surface area (Å²) in [5.74, 6) is -1.45. The van der Waals surface area contributed by atoms with E-state index in [4.69, 9.17) is 0 Å². The molecule has 0 aliphatic rings. The van der Waals surface area contributed by atoms with E-state index in [9.17, 15) is 14.3 Å². The fraction of sp³-hybridized carbons (Fsp3) is 0. The molecule has 0 aliphatic heterocycles. The Balaban J connectivity index is 2.50. The van der Waals surface area contributed by atoms with E-state index in [1.54, 1.807) is 12.1 Å². The normalized spacial score (nSPS) is 11.4. The molecule has 4 heteroatoms. The highest BCUT2D eigenvalue weighted by Crippen LogP contribution is 2.23. The zero-order valence-corrected chi connectivity index (χ0v) is 11.4. The Morgan fingerprint density at radius 2 is 1.74 bits per heavy atom. The fourth-order valence-electron chi connectivity index (χ4n) is 1.65. The minimum Gasteiger partial charge on any atom is -0.478 e. The van der Waals surface area contributed by atoms with Crippen LogP contribution in [0.5, 0.6) is 0 Å². The molecule has 19 heavy (non-hydrogen) atoms. The van der Waals surface area contributed by atoms with Crippen molar-refractivity contribution in [2.45, 2.75) is 0 Å². The Morgan fingerprint density at radius 1 is 1.11 bits per heavy atom. The second kappa shape index (κ2) is 5.80. The summed E-state index contributed by atoms with van der Waals surface area (Å²) in [5.41, 5.74) is 1.33. The molecule has 0 saturated heterocycles. The molecule has 0 fully saturated rings. The monoisotopic (exact) mass is 320 g/mol. The van der Waals surface area contributed by atoms with Gasteiger partial charge in [-0.2, -0.15) is 0 Å². The third kappa shape index (κ3) is 3.29. The molecule has 1 N–H and O–H groups in total. The highest BCUT2D eigenvalue weighted by Gasteiger charge is 2.11. The van der Waals surface area contributed by atoms with E-state index < -0.39 is 11.8 Å². The molecule has 0 atom stereocenters. The number of hydrogen-bond donors (Lipinski definition) is 1. The van der Waals surface area contributed by atoms with Crippen LogP contribution in [0.1, 0.15) is 11.1 Å². The summed E-state index contributed by atoms with van der Waals surface area (Å²) in [6.45, 7) is 0. The number of carboxylic acids is 1. The van der Waals surface area contributed by atoms with Gasteiger partial charge in [0.2, 0.25) is 0 Å². The van der Waals surface area contributed by atoms with Gasteiger partial charge < -0.3 is 5.11 Å². The third-order valence-corrected chi connectivity index (χ3v) is 3.31. The van der Waals surface area contributed by atoms with Crippen LogP contribution in [0.4, 0.5) is 4.39 Å². The Labute approximate surface area is 118 Å². The molecule has 0 spiro atoms. The zero-order valence-electron chi connectivity index (χ0n) is 9.81. The van der Waals surface area contributed by atoms with E-state index in [1.165, 1.54) is 24.3 Å². The van der Waals surface area contributed by atoms with Crippen LogP contribution in [0.25, 0.3) is 11.6 Å². The number of carbonyl (C=O) groups is 1. The molecule has 2 aromatic rings. The summed E-state index contributed by atoms with van der Waals surface area (Å²) < 4.78 is 13.7. The smallest absolute Gasteiger partial charge is 0.336 e. The van der Waals surface area contributed by atoms with Gasteiger partial charge in [-0.15, -0.1) is 0 Å². The quantitative estimate of drug-likeness (QED) is 0.679. The molecular weight excluding hydrogens is 311 g/mol. The minimum absolute atomic E-state index is 0.118. The fourth-order valence-corrected chi connectivity index (χ4v) is 2.04. The second-order valence-corrected chi connectivity index (χ2v) is 4.75. The average Bonchev–Trinajstić information content (AvgIpc) is 2.39. The lowest BCUT2D eigenvalue weighted by atomic mass is 10.0. The second-order valence-electron chi connectivity index (χ2n) is 3.89. The van der Waals surface area contributed by atoms with Gasteiger partial charge in [0.05, 0.1) is 5.57 Å². The van der Waals surface area contributed by atoms with Crippen LogP contribution in [0.15, 0.2) is 53.0 Å². The Kier molecular flexibility index (Phi) is 4.12. The average molecular weight is 321 g/mol. The minimum atomic E-state index is -1.05. The van der Waals surface area contributed by atoms with E-state index in [0.717, 1.165) is 10.0 Å². The topological polar surface area (TPSA) is 37.3 Å². The van der Waals surface area contributed by atoms with Gasteiger partial charge in [0, 0.05) is 4.47 Å². The number of rotatable bonds is 3. The Bertz CT molecular complexity index is 633. The molecule has 96 valence electrons. The molecule has 0 aliphatic carbocycles. The van der Waals surface area contributed by atoms with Gasteiger partial charge in [0.1, 0.15) is 5.82 Å². The number of benzene rings is 2. The van der Waals surface area contributed by atoms with Crippen molar-refractivity contribution in [1.29, 1.82) is 0 Å². The van der Waals surface area contributed by atoms with Gasteiger partial charge in [-0.05, 0) is 35.4 Å². The van der Waals surface area contributed by atoms with Crippen LogP contribution in [-0.2, 0) is 4.79 Å². The number of aliphatic carboxylic acids is 1. The summed E-state index contributed by atoms with van der Waals surface area (Å²) in [7, 11) is 0. The number of carboxylic acid groups (broad SMARTS) is 1. The summed E-state index contributed by atoms with van der Waals surface area (Å²) >= 11 is 3.36. The van der Waals surface area contributed by atoms with E-state index in [-0.39, 0.29) is 5.57 Å². The summed E-state index contributed by atoms with van der Waals surface area (Å²) in [5, 5.41) is 9.27. The van der Waals surface area contributed by atoms with Crippen LogP contribution in [-0.4, -0.2) is 11.1 Å². The number of halogens is 2. The van der Waals surface area contributed by atoms with Crippen LogP contribution < -0.4 is 0 Å². The van der Waals surface area contributed by atoms with Gasteiger partial charge in [-0.1, -0.05) is 46.3 Å². The molecular formula is C15H10BrFO2. The van der Waals surface area contributed by atoms with Gasteiger partial charge >= 0.3 is 5.97 Å². The van der Waals surface area contributed by atoms with Crippen molar-refractivity contribution in [1.82, 2.24) is 0 Å². The van der Waals surface area contributed by atoms with Gasteiger partial charge in [-0.3, -0.25) is 0 Å². The maximum Gasteiger partial charge on any atom is 0.336 e. The van der Waals surface area contributed by atoms with Crippen molar-refractivity contribution >= 4 is 33.5 Å². The highest BCUT2D eigenvalue weighted by molar-refractivity contribution is 9.10. The predicted molar refractivity (Wildman–Crippen MR) is 76.0 cm³/mol. The van der Waals surface area contributed by atoms with Crippen LogP contribution in [0.2, 0.25) is 0 Å². The molecule has 0 bridgehead atoms. The molecule has 0 aromatic heterocycles. The van der Waals surface area contributed by atoms with Crippen molar-refractivity contribution in [3.63, 3.8) is 0 Å². The van der Waals surface area contributed by atoms with E-state index in [2.05, 4.69) is 15.9 Å². The van der Waals surface area contributed by atoms with Gasteiger partial charge in [0.15, 0.2) is 0 Å². The molecule has 0 unspecified atom stereocenters. The SMILES string of the molecule is O=C(O)/C(=C\c1ccccc1Br)c1ccc(F)cc1. The molecule has 2 aromatic carbocycles. The predicted octanol–water partition coefficient (Wildman–Crippen LogP) is 4.21. The van der Waals surface area contributed by atoms with Crippen molar-refractivity contribution < 1.29 is 14.3 Å². The van der Waals surface area contributed by atoms with E-state index in [1.807, 2.05) is 18.2 Å². The van der Waals surface area contributed by atoms with E-state index >= 15 is 0 Å².